The molecule has 2 aromatic rings. The molecule has 84 valence electrons. The minimum atomic E-state index is 0.651. The molecule has 0 saturated carbocycles. The van der Waals surface area contributed by atoms with Crippen molar-refractivity contribution in [1.29, 1.82) is 0 Å². The summed E-state index contributed by atoms with van der Waals surface area (Å²) < 4.78 is 0. The standard InChI is InChI=1S/C14H11ClN2/c15-12-5-7-13(8-6-12)17-9-11-3-1-2-4-14(11)16-10-17/h1-9H,10H2. The van der Waals surface area contributed by atoms with Crippen molar-refractivity contribution in [3.8, 4) is 0 Å². The van der Waals surface area contributed by atoms with Gasteiger partial charge in [0.15, 0.2) is 0 Å². The van der Waals surface area contributed by atoms with Crippen LogP contribution < -0.4 is 15.5 Å². The maximum atomic E-state index is 5.88. The van der Waals surface area contributed by atoms with Crippen LogP contribution in [0.15, 0.2) is 53.5 Å². The van der Waals surface area contributed by atoms with E-state index in [0.29, 0.717) is 6.67 Å². The average molecular weight is 243 g/mol. The van der Waals surface area contributed by atoms with Crippen LogP contribution in [-0.2, 0) is 0 Å². The smallest absolute Gasteiger partial charge is 0.115 e. The first-order valence-electron chi connectivity index (χ1n) is 5.46. The molecule has 1 aliphatic rings. The van der Waals surface area contributed by atoms with E-state index in [1.807, 2.05) is 42.5 Å². The van der Waals surface area contributed by atoms with Gasteiger partial charge >= 0.3 is 0 Å². The molecule has 0 unspecified atom stereocenters. The van der Waals surface area contributed by atoms with E-state index in [9.17, 15) is 0 Å². The summed E-state index contributed by atoms with van der Waals surface area (Å²) in [7, 11) is 0. The number of fused-ring (bicyclic) bond motifs is 1. The zero-order valence-electron chi connectivity index (χ0n) is 9.18. The third kappa shape index (κ3) is 2.04. The molecule has 0 aromatic heterocycles. The van der Waals surface area contributed by atoms with Gasteiger partial charge in [-0.05, 0) is 30.3 Å². The number of benzene rings is 2. The third-order valence-electron chi connectivity index (χ3n) is 2.78. The molecule has 2 nitrogen and oxygen atoms in total. The monoisotopic (exact) mass is 242 g/mol. The lowest BCUT2D eigenvalue weighted by molar-refractivity contribution is 0.939. The van der Waals surface area contributed by atoms with E-state index < -0.39 is 0 Å². The highest BCUT2D eigenvalue weighted by atomic mass is 35.5. The minimum Gasteiger partial charge on any atom is -0.327 e. The molecule has 3 rings (SSSR count). The molecule has 0 amide bonds. The highest BCUT2D eigenvalue weighted by Gasteiger charge is 2.05. The summed E-state index contributed by atoms with van der Waals surface area (Å²) in [5, 5.41) is 2.95. The zero-order chi connectivity index (χ0) is 11.7. The van der Waals surface area contributed by atoms with E-state index in [2.05, 4.69) is 22.2 Å². The maximum absolute atomic E-state index is 5.88. The van der Waals surface area contributed by atoms with Crippen LogP contribution >= 0.6 is 11.6 Å². The van der Waals surface area contributed by atoms with Gasteiger partial charge in [0.1, 0.15) is 6.67 Å². The Kier molecular flexibility index (Phi) is 2.57. The van der Waals surface area contributed by atoms with Gasteiger partial charge in [0.2, 0.25) is 0 Å². The molecular weight excluding hydrogens is 232 g/mol. The van der Waals surface area contributed by atoms with E-state index in [4.69, 9.17) is 11.6 Å². The lowest BCUT2D eigenvalue weighted by Crippen LogP contribution is -2.35. The summed E-state index contributed by atoms with van der Waals surface area (Å²) in [5.41, 5.74) is 1.10. The van der Waals surface area contributed by atoms with Crippen molar-refractivity contribution in [1.82, 2.24) is 0 Å². The van der Waals surface area contributed by atoms with Crippen molar-refractivity contribution in [3.05, 3.63) is 64.1 Å². The van der Waals surface area contributed by atoms with Gasteiger partial charge in [-0.2, -0.15) is 0 Å². The number of anilines is 1. The Morgan fingerprint density at radius 2 is 1.76 bits per heavy atom. The number of nitrogens with zero attached hydrogens (tertiary/aromatic N) is 2. The van der Waals surface area contributed by atoms with Gasteiger partial charge in [0.25, 0.3) is 0 Å². The van der Waals surface area contributed by atoms with Crippen LogP contribution in [0.3, 0.4) is 0 Å². The highest BCUT2D eigenvalue weighted by Crippen LogP contribution is 2.18. The molecule has 2 aromatic carbocycles. The lowest BCUT2D eigenvalue weighted by Gasteiger charge is -2.20. The number of hydrogen-bond donors (Lipinski definition) is 0. The highest BCUT2D eigenvalue weighted by molar-refractivity contribution is 6.30. The molecule has 0 aliphatic carbocycles. The lowest BCUT2D eigenvalue weighted by atomic mass is 10.2. The van der Waals surface area contributed by atoms with Crippen molar-refractivity contribution < 1.29 is 0 Å². The van der Waals surface area contributed by atoms with Crippen LogP contribution in [0.4, 0.5) is 5.69 Å². The predicted octanol–water partition coefficient (Wildman–Crippen LogP) is 2.18. The number of para-hydroxylation sites is 1. The van der Waals surface area contributed by atoms with Crippen LogP contribution in [-0.4, -0.2) is 6.67 Å². The fourth-order valence-electron chi connectivity index (χ4n) is 1.89. The van der Waals surface area contributed by atoms with E-state index in [-0.39, 0.29) is 0 Å². The molecule has 3 heteroatoms. The average Bonchev–Trinajstić information content (AvgIpc) is 2.39. The molecule has 17 heavy (non-hydrogen) atoms. The Labute approximate surface area is 104 Å². The Hall–Kier alpha value is -1.80. The van der Waals surface area contributed by atoms with Crippen molar-refractivity contribution in [2.45, 2.75) is 0 Å². The van der Waals surface area contributed by atoms with Crippen LogP contribution in [0.25, 0.3) is 6.20 Å². The van der Waals surface area contributed by atoms with Crippen LogP contribution in [0.5, 0.6) is 0 Å². The third-order valence-corrected chi connectivity index (χ3v) is 3.04. The number of hydrogen-bond acceptors (Lipinski definition) is 2. The van der Waals surface area contributed by atoms with E-state index in [1.165, 1.54) is 0 Å². The number of halogens is 1. The predicted molar refractivity (Wildman–Crippen MR) is 70.5 cm³/mol. The summed E-state index contributed by atoms with van der Waals surface area (Å²) in [6, 6.07) is 15.9. The topological polar surface area (TPSA) is 15.6 Å². The first-order chi connectivity index (χ1) is 8.33. The zero-order valence-corrected chi connectivity index (χ0v) is 9.93. The summed E-state index contributed by atoms with van der Waals surface area (Å²) in [5.74, 6) is 0. The fourth-order valence-corrected chi connectivity index (χ4v) is 2.02. The van der Waals surface area contributed by atoms with Crippen LogP contribution in [0.1, 0.15) is 0 Å². The van der Waals surface area contributed by atoms with Gasteiger partial charge in [0.05, 0.1) is 5.36 Å². The molecule has 0 fully saturated rings. The van der Waals surface area contributed by atoms with E-state index in [0.717, 1.165) is 21.3 Å². The molecule has 0 radical (unpaired) electrons. The van der Waals surface area contributed by atoms with Crippen LogP contribution in [0.2, 0.25) is 5.02 Å². The molecule has 1 aliphatic heterocycles. The first-order valence-corrected chi connectivity index (χ1v) is 5.84. The summed E-state index contributed by atoms with van der Waals surface area (Å²) in [4.78, 5) is 6.64. The quantitative estimate of drug-likeness (QED) is 0.749. The Morgan fingerprint density at radius 3 is 2.59 bits per heavy atom. The molecule has 0 bridgehead atoms. The van der Waals surface area contributed by atoms with Crippen molar-refractivity contribution >= 4 is 23.5 Å². The maximum Gasteiger partial charge on any atom is 0.115 e. The second-order valence-electron chi connectivity index (χ2n) is 3.93. The summed E-state index contributed by atoms with van der Waals surface area (Å²) in [6.45, 7) is 0.651. The van der Waals surface area contributed by atoms with Gasteiger partial charge in [-0.25, -0.2) is 0 Å². The van der Waals surface area contributed by atoms with Gasteiger partial charge in [0, 0.05) is 22.1 Å². The summed E-state index contributed by atoms with van der Waals surface area (Å²) >= 11 is 5.88. The first kappa shape index (κ1) is 10.4. The molecule has 1 heterocycles. The summed E-state index contributed by atoms with van der Waals surface area (Å²) in [6.07, 6.45) is 2.12. The van der Waals surface area contributed by atoms with E-state index >= 15 is 0 Å². The van der Waals surface area contributed by atoms with Crippen molar-refractivity contribution in [2.75, 3.05) is 11.6 Å². The molecular formula is C14H11ClN2. The Balaban J connectivity index is 2.03. The Bertz CT molecular complexity index is 647. The molecule has 0 N–H and O–H groups in total. The second-order valence-corrected chi connectivity index (χ2v) is 4.37. The molecule has 0 saturated heterocycles. The van der Waals surface area contributed by atoms with Gasteiger partial charge < -0.3 is 4.90 Å². The Morgan fingerprint density at radius 1 is 1.00 bits per heavy atom. The van der Waals surface area contributed by atoms with Gasteiger partial charge in [-0.1, -0.05) is 29.8 Å². The van der Waals surface area contributed by atoms with Gasteiger partial charge in [-0.15, -0.1) is 0 Å². The second kappa shape index (κ2) is 4.22. The largest absolute Gasteiger partial charge is 0.327 e. The van der Waals surface area contributed by atoms with Crippen LogP contribution in [0, 0.1) is 0 Å². The fraction of sp³-hybridized carbons (Fsp3) is 0.0714. The van der Waals surface area contributed by atoms with Crippen molar-refractivity contribution in [3.63, 3.8) is 0 Å². The van der Waals surface area contributed by atoms with Gasteiger partial charge in [-0.3, -0.25) is 4.99 Å². The molecule has 0 spiro atoms. The number of rotatable bonds is 1. The minimum absolute atomic E-state index is 0.651. The normalized spacial score (nSPS) is 13.6. The SMILES string of the molecule is Clc1ccc(N2C=c3ccccc3=NC2)cc1. The molecule has 0 atom stereocenters. The van der Waals surface area contributed by atoms with Crippen molar-refractivity contribution in [2.24, 2.45) is 4.99 Å². The van der Waals surface area contributed by atoms with E-state index in [1.54, 1.807) is 0 Å².